The Bertz CT molecular complexity index is 752. The highest BCUT2D eigenvalue weighted by molar-refractivity contribution is 7.89. The molecule has 0 spiro atoms. The van der Waals surface area contributed by atoms with Crippen molar-refractivity contribution in [3.8, 4) is 0 Å². The zero-order valence-electron chi connectivity index (χ0n) is 12.7. The lowest BCUT2D eigenvalue weighted by Gasteiger charge is -2.17. The minimum absolute atomic E-state index is 0.114. The van der Waals surface area contributed by atoms with E-state index in [2.05, 4.69) is 4.72 Å². The molecule has 124 valence electrons. The molecule has 1 heterocycles. The maximum absolute atomic E-state index is 12.3. The fraction of sp³-hybridized carbons (Fsp3) is 0.312. The Hall–Kier alpha value is -2.12. The van der Waals surface area contributed by atoms with Crippen LogP contribution in [-0.2, 0) is 21.2 Å². The van der Waals surface area contributed by atoms with Crippen molar-refractivity contribution in [2.75, 3.05) is 0 Å². The van der Waals surface area contributed by atoms with Gasteiger partial charge in [-0.05, 0) is 37.5 Å². The quantitative estimate of drug-likeness (QED) is 0.771. The van der Waals surface area contributed by atoms with Gasteiger partial charge in [0.1, 0.15) is 5.76 Å². The maximum Gasteiger partial charge on any atom is 0.303 e. The van der Waals surface area contributed by atoms with E-state index in [1.165, 1.54) is 6.07 Å². The fourth-order valence-electron chi connectivity index (χ4n) is 2.23. The van der Waals surface area contributed by atoms with Gasteiger partial charge >= 0.3 is 5.97 Å². The average Bonchev–Trinajstić information content (AvgIpc) is 2.93. The highest BCUT2D eigenvalue weighted by Crippen LogP contribution is 2.16. The van der Waals surface area contributed by atoms with Crippen LogP contribution in [0.3, 0.4) is 0 Å². The van der Waals surface area contributed by atoms with Gasteiger partial charge < -0.3 is 9.52 Å². The minimum Gasteiger partial charge on any atom is -0.481 e. The number of carboxylic acids is 1. The number of hydrogen-bond donors (Lipinski definition) is 2. The average molecular weight is 337 g/mol. The van der Waals surface area contributed by atoms with Gasteiger partial charge in [0.25, 0.3) is 10.0 Å². The van der Waals surface area contributed by atoms with Crippen LogP contribution in [0.25, 0.3) is 0 Å². The molecule has 0 saturated heterocycles. The van der Waals surface area contributed by atoms with Crippen molar-refractivity contribution in [1.29, 1.82) is 0 Å². The molecule has 1 atom stereocenters. The third-order valence-electron chi connectivity index (χ3n) is 3.33. The van der Waals surface area contributed by atoms with E-state index in [4.69, 9.17) is 9.52 Å². The number of sulfonamides is 1. The predicted octanol–water partition coefficient (Wildman–Crippen LogP) is 2.34. The Labute approximate surface area is 135 Å². The summed E-state index contributed by atoms with van der Waals surface area (Å²) in [5, 5.41) is 8.69. The normalized spacial score (nSPS) is 12.9. The van der Waals surface area contributed by atoms with Crippen molar-refractivity contribution in [2.45, 2.75) is 37.3 Å². The third kappa shape index (κ3) is 5.22. The number of aryl methyl sites for hydroxylation is 1. The smallest absolute Gasteiger partial charge is 0.303 e. The van der Waals surface area contributed by atoms with Crippen molar-refractivity contribution in [3.63, 3.8) is 0 Å². The Morgan fingerprint density at radius 3 is 2.48 bits per heavy atom. The van der Waals surface area contributed by atoms with Crippen molar-refractivity contribution in [1.82, 2.24) is 4.72 Å². The van der Waals surface area contributed by atoms with E-state index in [-0.39, 0.29) is 17.9 Å². The van der Waals surface area contributed by atoms with Gasteiger partial charge in [-0.3, -0.25) is 4.79 Å². The Morgan fingerprint density at radius 1 is 1.22 bits per heavy atom. The second kappa shape index (κ2) is 7.43. The van der Waals surface area contributed by atoms with Gasteiger partial charge in [0.2, 0.25) is 5.09 Å². The molecule has 0 aliphatic rings. The van der Waals surface area contributed by atoms with E-state index in [1.807, 2.05) is 30.3 Å². The molecule has 6 nitrogen and oxygen atoms in total. The lowest BCUT2D eigenvalue weighted by atomic mass is 10.0. The van der Waals surface area contributed by atoms with Gasteiger partial charge in [-0.1, -0.05) is 30.3 Å². The standard InChI is InChI=1S/C16H19NO5S/c1-12-7-10-16(22-12)23(20,21)17-14(8-9-15(18)19)11-13-5-3-2-4-6-13/h2-7,10,14,17H,8-9,11H2,1H3,(H,18,19). The lowest BCUT2D eigenvalue weighted by molar-refractivity contribution is -0.137. The highest BCUT2D eigenvalue weighted by Gasteiger charge is 2.23. The molecule has 0 aliphatic carbocycles. The maximum atomic E-state index is 12.3. The minimum atomic E-state index is -3.82. The zero-order valence-corrected chi connectivity index (χ0v) is 13.5. The first-order valence-electron chi connectivity index (χ1n) is 7.21. The number of nitrogens with one attached hydrogen (secondary N) is 1. The molecule has 0 amide bonds. The van der Waals surface area contributed by atoms with E-state index in [9.17, 15) is 13.2 Å². The second-order valence-corrected chi connectivity index (χ2v) is 6.95. The van der Waals surface area contributed by atoms with E-state index in [0.29, 0.717) is 12.2 Å². The van der Waals surface area contributed by atoms with Gasteiger partial charge in [0.15, 0.2) is 0 Å². The van der Waals surface area contributed by atoms with Crippen molar-refractivity contribution >= 4 is 16.0 Å². The van der Waals surface area contributed by atoms with Gasteiger partial charge in [-0.25, -0.2) is 13.1 Å². The van der Waals surface area contributed by atoms with Crippen LogP contribution in [0.1, 0.15) is 24.2 Å². The molecule has 1 unspecified atom stereocenters. The van der Waals surface area contributed by atoms with Crippen LogP contribution in [-0.4, -0.2) is 25.5 Å². The van der Waals surface area contributed by atoms with E-state index < -0.39 is 22.0 Å². The first-order valence-corrected chi connectivity index (χ1v) is 8.69. The first-order chi connectivity index (χ1) is 10.9. The molecular formula is C16H19NO5S. The molecular weight excluding hydrogens is 318 g/mol. The summed E-state index contributed by atoms with van der Waals surface area (Å²) in [6, 6.07) is 11.8. The number of carbonyl (C=O) groups is 1. The van der Waals surface area contributed by atoms with E-state index in [0.717, 1.165) is 5.56 Å². The number of hydrogen-bond acceptors (Lipinski definition) is 4. The van der Waals surface area contributed by atoms with Crippen LogP contribution in [0, 0.1) is 6.92 Å². The van der Waals surface area contributed by atoms with Crippen LogP contribution in [0.15, 0.2) is 52.0 Å². The molecule has 1 aromatic heterocycles. The Balaban J connectivity index is 2.14. The summed E-state index contributed by atoms with van der Waals surface area (Å²) in [6.07, 6.45) is 0.493. The van der Waals surface area contributed by atoms with Gasteiger partial charge in [0.05, 0.1) is 0 Å². The van der Waals surface area contributed by atoms with Crippen molar-refractivity contribution in [2.24, 2.45) is 0 Å². The number of furan rings is 1. The largest absolute Gasteiger partial charge is 0.481 e. The van der Waals surface area contributed by atoms with Crippen molar-refractivity contribution < 1.29 is 22.7 Å². The first kappa shape index (κ1) is 17.2. The summed E-state index contributed by atoms with van der Waals surface area (Å²) in [6.45, 7) is 1.66. The number of aliphatic carboxylic acids is 1. The SMILES string of the molecule is Cc1ccc(S(=O)(=O)NC(CCC(=O)O)Cc2ccccc2)o1. The molecule has 1 aromatic carbocycles. The van der Waals surface area contributed by atoms with Gasteiger partial charge in [0, 0.05) is 12.5 Å². The molecule has 2 aromatic rings. The summed E-state index contributed by atoms with van der Waals surface area (Å²) >= 11 is 0. The number of benzene rings is 1. The number of rotatable bonds is 8. The molecule has 0 saturated carbocycles. The van der Waals surface area contributed by atoms with Crippen LogP contribution < -0.4 is 4.72 Å². The van der Waals surface area contributed by atoms with E-state index >= 15 is 0 Å². The predicted molar refractivity (Wildman–Crippen MR) is 84.6 cm³/mol. The Kier molecular flexibility index (Phi) is 5.57. The molecule has 7 heteroatoms. The van der Waals surface area contributed by atoms with Crippen LogP contribution in [0.2, 0.25) is 0 Å². The lowest BCUT2D eigenvalue weighted by Crippen LogP contribution is -2.36. The van der Waals surface area contributed by atoms with Gasteiger partial charge in [-0.2, -0.15) is 0 Å². The molecule has 0 radical (unpaired) electrons. The van der Waals surface area contributed by atoms with Crippen LogP contribution in [0.5, 0.6) is 0 Å². The second-order valence-electron chi connectivity index (χ2n) is 5.31. The topological polar surface area (TPSA) is 96.6 Å². The highest BCUT2D eigenvalue weighted by atomic mass is 32.2. The third-order valence-corrected chi connectivity index (χ3v) is 4.73. The Morgan fingerprint density at radius 2 is 1.91 bits per heavy atom. The summed E-state index contributed by atoms with van der Waals surface area (Å²) in [5.41, 5.74) is 0.932. The van der Waals surface area contributed by atoms with Gasteiger partial charge in [-0.15, -0.1) is 0 Å². The summed E-state index contributed by atoms with van der Waals surface area (Å²) < 4.78 is 32.4. The molecule has 0 fully saturated rings. The van der Waals surface area contributed by atoms with Crippen LogP contribution >= 0.6 is 0 Å². The monoisotopic (exact) mass is 337 g/mol. The molecule has 23 heavy (non-hydrogen) atoms. The molecule has 0 bridgehead atoms. The van der Waals surface area contributed by atoms with E-state index in [1.54, 1.807) is 13.0 Å². The fourth-order valence-corrected chi connectivity index (χ4v) is 3.48. The summed E-state index contributed by atoms with van der Waals surface area (Å²) in [7, 11) is -3.82. The zero-order chi connectivity index (χ0) is 16.9. The van der Waals surface area contributed by atoms with Crippen molar-refractivity contribution in [3.05, 3.63) is 53.8 Å². The molecule has 2 N–H and O–H groups in total. The molecule has 0 aliphatic heterocycles. The molecule has 2 rings (SSSR count). The summed E-state index contributed by atoms with van der Waals surface area (Å²) in [4.78, 5) is 10.8. The van der Waals surface area contributed by atoms with Crippen LogP contribution in [0.4, 0.5) is 0 Å². The number of carboxylic acid groups (broad SMARTS) is 1. The summed E-state index contributed by atoms with van der Waals surface area (Å²) in [5.74, 6) is -0.466.